The van der Waals surface area contributed by atoms with Crippen LogP contribution in [0.2, 0.25) is 0 Å². The lowest BCUT2D eigenvalue weighted by Gasteiger charge is -2.06. The summed E-state index contributed by atoms with van der Waals surface area (Å²) in [5, 5.41) is 10.2. The van der Waals surface area contributed by atoms with Gasteiger partial charge in [0.25, 0.3) is 0 Å². The van der Waals surface area contributed by atoms with Crippen molar-refractivity contribution in [2.24, 2.45) is 0 Å². The highest BCUT2D eigenvalue weighted by Crippen LogP contribution is 2.18. The van der Waals surface area contributed by atoms with E-state index < -0.39 is 0 Å². The van der Waals surface area contributed by atoms with Crippen LogP contribution in [0.5, 0.6) is 11.5 Å². The van der Waals surface area contributed by atoms with E-state index in [1.165, 1.54) is 11.8 Å². The minimum Gasteiger partial charge on any atom is -0.497 e. The van der Waals surface area contributed by atoms with Crippen molar-refractivity contribution in [3.63, 3.8) is 0 Å². The number of thioether (sulfide) groups is 1. The van der Waals surface area contributed by atoms with Crippen molar-refractivity contribution in [1.29, 1.82) is 0 Å². The van der Waals surface area contributed by atoms with Crippen molar-refractivity contribution < 1.29 is 14.3 Å². The lowest BCUT2D eigenvalue weighted by molar-refractivity contribution is -0.113. The Balaban J connectivity index is 1.46. The van der Waals surface area contributed by atoms with Gasteiger partial charge in [-0.1, -0.05) is 36.0 Å². The number of aromatic nitrogens is 3. The Morgan fingerprint density at radius 1 is 1.15 bits per heavy atom. The van der Waals surface area contributed by atoms with Gasteiger partial charge in [0.05, 0.1) is 12.9 Å². The summed E-state index contributed by atoms with van der Waals surface area (Å²) in [5.74, 6) is 2.11. The first-order valence-electron chi connectivity index (χ1n) is 7.89. The van der Waals surface area contributed by atoms with Crippen molar-refractivity contribution >= 4 is 23.4 Å². The summed E-state index contributed by atoms with van der Waals surface area (Å²) in [7, 11) is 1.58. The number of amides is 1. The number of aromatic amines is 1. The molecule has 0 unspecified atom stereocenters. The molecule has 0 aliphatic rings. The summed E-state index contributed by atoms with van der Waals surface area (Å²) in [5.41, 5.74) is 0.682. The van der Waals surface area contributed by atoms with Crippen molar-refractivity contribution in [1.82, 2.24) is 15.2 Å². The number of methoxy groups -OCH3 is 1. The second kappa shape index (κ2) is 8.91. The molecule has 0 saturated carbocycles. The van der Waals surface area contributed by atoms with Crippen LogP contribution in [0.1, 0.15) is 5.82 Å². The van der Waals surface area contributed by atoms with E-state index in [4.69, 9.17) is 9.47 Å². The quantitative estimate of drug-likeness (QED) is 0.592. The minimum atomic E-state index is -0.143. The van der Waals surface area contributed by atoms with E-state index in [9.17, 15) is 4.79 Å². The standard InChI is InChI=1S/C18H18N4O3S/c1-24-15-9-5-6-13(10-15)19-17(23)12-26-18-20-16(21-22-18)11-25-14-7-3-2-4-8-14/h2-10H,11-12H2,1H3,(H,19,23)(H,20,21,22). The lowest BCUT2D eigenvalue weighted by atomic mass is 10.3. The summed E-state index contributed by atoms with van der Waals surface area (Å²) in [4.78, 5) is 16.3. The molecule has 1 aromatic heterocycles. The number of carbonyl (C=O) groups is 1. The minimum absolute atomic E-state index is 0.143. The molecule has 0 aliphatic carbocycles. The first-order valence-corrected chi connectivity index (χ1v) is 8.87. The van der Waals surface area contributed by atoms with Crippen LogP contribution in [-0.4, -0.2) is 34.0 Å². The fourth-order valence-electron chi connectivity index (χ4n) is 2.10. The molecule has 0 saturated heterocycles. The largest absolute Gasteiger partial charge is 0.497 e. The molecule has 134 valence electrons. The van der Waals surface area contributed by atoms with Gasteiger partial charge in [0.15, 0.2) is 5.82 Å². The van der Waals surface area contributed by atoms with Gasteiger partial charge in [0, 0.05) is 11.8 Å². The third kappa shape index (κ3) is 5.25. The Kier molecular flexibility index (Phi) is 6.10. The summed E-state index contributed by atoms with van der Waals surface area (Å²) >= 11 is 1.25. The topological polar surface area (TPSA) is 89.1 Å². The van der Waals surface area contributed by atoms with E-state index >= 15 is 0 Å². The maximum absolute atomic E-state index is 12.0. The van der Waals surface area contributed by atoms with E-state index in [1.54, 1.807) is 19.2 Å². The molecule has 0 atom stereocenters. The Labute approximate surface area is 155 Å². The van der Waals surface area contributed by atoms with Crippen LogP contribution in [0.15, 0.2) is 59.8 Å². The zero-order valence-electron chi connectivity index (χ0n) is 14.1. The molecule has 0 spiro atoms. The Morgan fingerprint density at radius 2 is 1.96 bits per heavy atom. The van der Waals surface area contributed by atoms with Gasteiger partial charge < -0.3 is 14.8 Å². The smallest absolute Gasteiger partial charge is 0.234 e. The highest BCUT2D eigenvalue weighted by atomic mass is 32.2. The van der Waals surface area contributed by atoms with Crippen molar-refractivity contribution in [2.75, 3.05) is 18.2 Å². The third-order valence-electron chi connectivity index (χ3n) is 3.32. The lowest BCUT2D eigenvalue weighted by Crippen LogP contribution is -2.14. The molecule has 0 radical (unpaired) electrons. The fraction of sp³-hybridized carbons (Fsp3) is 0.167. The normalized spacial score (nSPS) is 10.3. The summed E-state index contributed by atoms with van der Waals surface area (Å²) in [6.07, 6.45) is 0. The average molecular weight is 370 g/mol. The van der Waals surface area contributed by atoms with Crippen LogP contribution in [0.4, 0.5) is 5.69 Å². The number of hydrogen-bond acceptors (Lipinski definition) is 6. The van der Waals surface area contributed by atoms with Gasteiger partial charge in [0.1, 0.15) is 18.1 Å². The number of ether oxygens (including phenoxy) is 2. The maximum Gasteiger partial charge on any atom is 0.234 e. The Morgan fingerprint density at radius 3 is 2.77 bits per heavy atom. The number of hydrogen-bond donors (Lipinski definition) is 2. The number of rotatable bonds is 8. The van der Waals surface area contributed by atoms with Crippen LogP contribution >= 0.6 is 11.8 Å². The van der Waals surface area contributed by atoms with E-state index in [-0.39, 0.29) is 18.3 Å². The van der Waals surface area contributed by atoms with Gasteiger partial charge in [-0.15, -0.1) is 5.10 Å². The molecule has 1 amide bonds. The number of H-pyrrole nitrogens is 1. The molecule has 8 heteroatoms. The molecular weight excluding hydrogens is 352 g/mol. The summed E-state index contributed by atoms with van der Waals surface area (Å²) < 4.78 is 10.7. The number of anilines is 1. The molecule has 2 aromatic carbocycles. The molecule has 0 aliphatic heterocycles. The van der Waals surface area contributed by atoms with Crippen molar-refractivity contribution in [2.45, 2.75) is 11.8 Å². The highest BCUT2D eigenvalue weighted by Gasteiger charge is 2.09. The van der Waals surface area contributed by atoms with E-state index in [0.29, 0.717) is 22.4 Å². The molecule has 0 bridgehead atoms. The van der Waals surface area contributed by atoms with Crippen molar-refractivity contribution in [3.8, 4) is 11.5 Å². The Hall–Kier alpha value is -3.00. The molecule has 2 N–H and O–H groups in total. The van der Waals surface area contributed by atoms with Crippen molar-refractivity contribution in [3.05, 3.63) is 60.4 Å². The number of benzene rings is 2. The van der Waals surface area contributed by atoms with E-state index in [2.05, 4.69) is 20.5 Å². The molecular formula is C18H18N4O3S. The van der Waals surface area contributed by atoms with Gasteiger partial charge >= 0.3 is 0 Å². The van der Waals surface area contributed by atoms with Gasteiger partial charge in [-0.2, -0.15) is 0 Å². The zero-order chi connectivity index (χ0) is 18.2. The number of nitrogens with one attached hydrogen (secondary N) is 2. The van der Waals surface area contributed by atoms with Crippen LogP contribution in [0, 0.1) is 0 Å². The molecule has 7 nitrogen and oxygen atoms in total. The van der Waals surface area contributed by atoms with Gasteiger partial charge in [-0.25, -0.2) is 4.98 Å². The predicted molar refractivity (Wildman–Crippen MR) is 99.5 cm³/mol. The van der Waals surface area contributed by atoms with Gasteiger partial charge in [-0.05, 0) is 24.3 Å². The molecule has 3 aromatic rings. The number of para-hydroxylation sites is 1. The van der Waals surface area contributed by atoms with Crippen LogP contribution < -0.4 is 14.8 Å². The van der Waals surface area contributed by atoms with Crippen LogP contribution in [-0.2, 0) is 11.4 Å². The predicted octanol–water partition coefficient (Wildman–Crippen LogP) is 3.12. The Bertz CT molecular complexity index is 854. The van der Waals surface area contributed by atoms with E-state index in [1.807, 2.05) is 42.5 Å². The highest BCUT2D eigenvalue weighted by molar-refractivity contribution is 7.99. The number of nitrogens with zero attached hydrogens (tertiary/aromatic N) is 2. The second-order valence-corrected chi connectivity index (χ2v) is 6.18. The first-order chi connectivity index (χ1) is 12.7. The average Bonchev–Trinajstić information content (AvgIpc) is 3.14. The molecule has 1 heterocycles. The molecule has 0 fully saturated rings. The number of carbonyl (C=O) groups excluding carboxylic acids is 1. The monoisotopic (exact) mass is 370 g/mol. The van der Waals surface area contributed by atoms with Gasteiger partial charge in [0.2, 0.25) is 11.1 Å². The third-order valence-corrected chi connectivity index (χ3v) is 4.16. The molecule has 3 rings (SSSR count). The van der Waals surface area contributed by atoms with Gasteiger partial charge in [-0.3, -0.25) is 9.89 Å². The second-order valence-electron chi connectivity index (χ2n) is 5.24. The zero-order valence-corrected chi connectivity index (χ0v) is 15.0. The fourth-order valence-corrected chi connectivity index (χ4v) is 2.72. The first kappa shape index (κ1) is 17.8. The summed E-state index contributed by atoms with van der Waals surface area (Å²) in [6.45, 7) is 0.285. The van der Waals surface area contributed by atoms with Crippen LogP contribution in [0.25, 0.3) is 0 Å². The van der Waals surface area contributed by atoms with Crippen LogP contribution in [0.3, 0.4) is 0 Å². The SMILES string of the molecule is COc1cccc(NC(=O)CSc2n[nH]c(COc3ccccc3)n2)c1. The molecule has 26 heavy (non-hydrogen) atoms. The summed E-state index contributed by atoms with van der Waals surface area (Å²) in [6, 6.07) is 16.7. The maximum atomic E-state index is 12.0. The van der Waals surface area contributed by atoms with E-state index in [0.717, 1.165) is 5.75 Å².